The minimum absolute atomic E-state index is 0. The number of nitrogens with zero attached hydrogens (tertiary/aromatic N) is 1. The molecule has 1 amide bonds. The molecule has 2 heterocycles. The summed E-state index contributed by atoms with van der Waals surface area (Å²) < 4.78 is 5.86. The highest BCUT2D eigenvalue weighted by Gasteiger charge is 2.40. The predicted molar refractivity (Wildman–Crippen MR) is 85.7 cm³/mol. The topological polar surface area (TPSA) is 41.6 Å². The van der Waals surface area contributed by atoms with Gasteiger partial charge in [-0.25, -0.2) is 0 Å². The van der Waals surface area contributed by atoms with Crippen molar-refractivity contribution < 1.29 is 9.53 Å². The molecule has 0 aromatic rings. The number of ether oxygens (including phenoxy) is 1. The van der Waals surface area contributed by atoms with Gasteiger partial charge in [0.25, 0.3) is 0 Å². The van der Waals surface area contributed by atoms with Gasteiger partial charge >= 0.3 is 0 Å². The molecule has 0 spiro atoms. The summed E-state index contributed by atoms with van der Waals surface area (Å²) in [4.78, 5) is 14.8. The van der Waals surface area contributed by atoms with Crippen molar-refractivity contribution in [2.75, 3.05) is 13.1 Å². The highest BCUT2D eigenvalue weighted by atomic mass is 35.5. The Kier molecular flexibility index (Phi) is 5.92. The van der Waals surface area contributed by atoms with Gasteiger partial charge in [0.15, 0.2) is 0 Å². The Morgan fingerprint density at radius 2 is 2.05 bits per heavy atom. The van der Waals surface area contributed by atoms with Gasteiger partial charge in [-0.1, -0.05) is 19.8 Å². The first-order chi connectivity index (χ1) is 9.67. The van der Waals surface area contributed by atoms with Crippen LogP contribution in [0.25, 0.3) is 0 Å². The summed E-state index contributed by atoms with van der Waals surface area (Å²) in [6.07, 6.45) is 7.64. The van der Waals surface area contributed by atoms with Crippen molar-refractivity contribution in [2.24, 2.45) is 5.92 Å². The second-order valence-electron chi connectivity index (χ2n) is 6.83. The Balaban J connectivity index is 0.00000161. The van der Waals surface area contributed by atoms with Crippen molar-refractivity contribution in [3.63, 3.8) is 0 Å². The summed E-state index contributed by atoms with van der Waals surface area (Å²) >= 11 is 0. The second kappa shape index (κ2) is 7.30. The zero-order valence-corrected chi connectivity index (χ0v) is 14.0. The summed E-state index contributed by atoms with van der Waals surface area (Å²) in [6.45, 7) is 5.73. The molecule has 3 fully saturated rings. The van der Waals surface area contributed by atoms with Crippen molar-refractivity contribution in [1.82, 2.24) is 10.2 Å². The number of carbonyl (C=O) groups excluding carboxylic acids is 1. The smallest absolute Gasteiger partial charge is 0.239 e. The Bertz CT molecular complexity index is 352. The first kappa shape index (κ1) is 17.0. The van der Waals surface area contributed by atoms with Crippen LogP contribution in [0.1, 0.15) is 52.4 Å². The van der Waals surface area contributed by atoms with Crippen molar-refractivity contribution in [1.29, 1.82) is 0 Å². The molecular formula is C16H29ClN2O2. The number of rotatable bonds is 2. The van der Waals surface area contributed by atoms with E-state index < -0.39 is 0 Å². The number of halogens is 1. The summed E-state index contributed by atoms with van der Waals surface area (Å²) in [6, 6.07) is 0.657. The number of morpholine rings is 1. The molecule has 0 aromatic heterocycles. The number of hydrogen-bond acceptors (Lipinski definition) is 3. The maximum Gasteiger partial charge on any atom is 0.239 e. The number of carbonyl (C=O) groups is 1. The third-order valence-corrected chi connectivity index (χ3v) is 5.25. The van der Waals surface area contributed by atoms with E-state index in [-0.39, 0.29) is 30.7 Å². The number of amides is 1. The third-order valence-electron chi connectivity index (χ3n) is 5.25. The highest BCUT2D eigenvalue weighted by Crippen LogP contribution is 2.34. The molecule has 1 aliphatic carbocycles. The average molecular weight is 317 g/mol. The Hall–Kier alpha value is -0.320. The second-order valence-corrected chi connectivity index (χ2v) is 6.83. The van der Waals surface area contributed by atoms with Gasteiger partial charge in [0.05, 0.1) is 18.2 Å². The molecule has 5 atom stereocenters. The van der Waals surface area contributed by atoms with Crippen LogP contribution in [-0.2, 0) is 9.53 Å². The van der Waals surface area contributed by atoms with Crippen LogP contribution in [0.4, 0.5) is 0 Å². The maximum atomic E-state index is 12.8. The maximum absolute atomic E-state index is 12.8. The van der Waals surface area contributed by atoms with E-state index in [1.165, 1.54) is 25.7 Å². The first-order valence-corrected chi connectivity index (χ1v) is 8.37. The highest BCUT2D eigenvalue weighted by molar-refractivity contribution is 5.85. The molecule has 1 N–H and O–H groups in total. The van der Waals surface area contributed by atoms with Gasteiger partial charge in [0.2, 0.25) is 5.91 Å². The van der Waals surface area contributed by atoms with Crippen LogP contribution in [0.15, 0.2) is 0 Å². The SMILES string of the molecule is CCC1CN(C(=O)C2CC3CCCCC3N2)CC(C)O1.Cl. The average Bonchev–Trinajstić information content (AvgIpc) is 2.89. The van der Waals surface area contributed by atoms with Crippen LogP contribution >= 0.6 is 12.4 Å². The molecular weight excluding hydrogens is 288 g/mol. The van der Waals surface area contributed by atoms with E-state index in [1.807, 2.05) is 4.90 Å². The largest absolute Gasteiger partial charge is 0.372 e. The van der Waals surface area contributed by atoms with Gasteiger partial charge in [-0.3, -0.25) is 4.79 Å². The van der Waals surface area contributed by atoms with E-state index in [0.717, 1.165) is 31.8 Å². The van der Waals surface area contributed by atoms with Crippen molar-refractivity contribution in [2.45, 2.75) is 76.7 Å². The van der Waals surface area contributed by atoms with Gasteiger partial charge < -0.3 is 15.0 Å². The van der Waals surface area contributed by atoms with Crippen LogP contribution in [0.5, 0.6) is 0 Å². The summed E-state index contributed by atoms with van der Waals surface area (Å²) in [7, 11) is 0. The molecule has 2 saturated heterocycles. The van der Waals surface area contributed by atoms with E-state index in [0.29, 0.717) is 11.9 Å². The fraction of sp³-hybridized carbons (Fsp3) is 0.938. The molecule has 5 heteroatoms. The summed E-state index contributed by atoms with van der Waals surface area (Å²) in [5.74, 6) is 1.05. The minimum Gasteiger partial charge on any atom is -0.372 e. The van der Waals surface area contributed by atoms with Crippen molar-refractivity contribution >= 4 is 18.3 Å². The van der Waals surface area contributed by atoms with E-state index in [2.05, 4.69) is 19.2 Å². The lowest BCUT2D eigenvalue weighted by Gasteiger charge is -2.37. The fourth-order valence-corrected chi connectivity index (χ4v) is 4.18. The van der Waals surface area contributed by atoms with Crippen molar-refractivity contribution in [3.05, 3.63) is 0 Å². The van der Waals surface area contributed by atoms with Crippen molar-refractivity contribution in [3.8, 4) is 0 Å². The number of fused-ring (bicyclic) bond motifs is 1. The molecule has 0 aromatic carbocycles. The Labute approximate surface area is 134 Å². The standard InChI is InChI=1S/C16H28N2O2.ClH/c1-3-13-10-18(9-11(2)20-13)16(19)15-8-12-6-4-5-7-14(12)17-15;/h11-15,17H,3-10H2,1-2H3;1H. The molecule has 4 nitrogen and oxygen atoms in total. The lowest BCUT2D eigenvalue weighted by molar-refractivity contribution is -0.146. The molecule has 122 valence electrons. The molecule has 0 radical (unpaired) electrons. The molecule has 3 rings (SSSR count). The molecule has 3 aliphatic rings. The molecule has 2 aliphatic heterocycles. The Morgan fingerprint density at radius 1 is 1.29 bits per heavy atom. The van der Waals surface area contributed by atoms with E-state index in [9.17, 15) is 4.79 Å². The van der Waals surface area contributed by atoms with Gasteiger partial charge in [-0.2, -0.15) is 0 Å². The fourth-order valence-electron chi connectivity index (χ4n) is 4.18. The predicted octanol–water partition coefficient (Wildman–Crippen LogP) is 2.35. The van der Waals surface area contributed by atoms with Crippen LogP contribution in [-0.4, -0.2) is 48.2 Å². The quantitative estimate of drug-likeness (QED) is 0.850. The van der Waals surface area contributed by atoms with Crippen LogP contribution in [0.3, 0.4) is 0 Å². The summed E-state index contributed by atoms with van der Waals surface area (Å²) in [5, 5.41) is 3.61. The molecule has 1 saturated carbocycles. The van der Waals surface area contributed by atoms with Gasteiger partial charge in [-0.05, 0) is 38.5 Å². The summed E-state index contributed by atoms with van der Waals surface area (Å²) in [5.41, 5.74) is 0. The normalized spacial score (nSPS) is 39.5. The first-order valence-electron chi connectivity index (χ1n) is 8.37. The van der Waals surface area contributed by atoms with Crippen LogP contribution in [0, 0.1) is 5.92 Å². The zero-order chi connectivity index (χ0) is 14.1. The van der Waals surface area contributed by atoms with Crippen LogP contribution in [0.2, 0.25) is 0 Å². The lowest BCUT2D eigenvalue weighted by Crippen LogP contribution is -2.54. The Morgan fingerprint density at radius 3 is 2.76 bits per heavy atom. The zero-order valence-electron chi connectivity index (χ0n) is 13.2. The van der Waals surface area contributed by atoms with Gasteiger partial charge in [0, 0.05) is 19.1 Å². The van der Waals surface area contributed by atoms with Gasteiger partial charge in [0.1, 0.15) is 0 Å². The van der Waals surface area contributed by atoms with Crippen LogP contribution < -0.4 is 5.32 Å². The molecule has 5 unspecified atom stereocenters. The van der Waals surface area contributed by atoms with Gasteiger partial charge in [-0.15, -0.1) is 12.4 Å². The third kappa shape index (κ3) is 3.72. The van der Waals surface area contributed by atoms with E-state index in [1.54, 1.807) is 0 Å². The molecule has 0 bridgehead atoms. The lowest BCUT2D eigenvalue weighted by atomic mass is 9.85. The minimum atomic E-state index is 0. The number of nitrogens with one attached hydrogen (secondary N) is 1. The molecule has 21 heavy (non-hydrogen) atoms. The van der Waals surface area contributed by atoms with E-state index >= 15 is 0 Å². The monoisotopic (exact) mass is 316 g/mol. The van der Waals surface area contributed by atoms with E-state index in [4.69, 9.17) is 4.74 Å². The number of hydrogen-bond donors (Lipinski definition) is 1.